The molecule has 1 atom stereocenters. The van der Waals surface area contributed by atoms with Crippen molar-refractivity contribution in [2.45, 2.75) is 20.0 Å². The second-order valence-electron chi connectivity index (χ2n) is 5.64. The van der Waals surface area contributed by atoms with E-state index < -0.39 is 6.17 Å². The zero-order valence-corrected chi connectivity index (χ0v) is 13.4. The summed E-state index contributed by atoms with van der Waals surface area (Å²) in [4.78, 5) is 18.4. The topological polar surface area (TPSA) is 54.0 Å². The monoisotopic (exact) mass is 327 g/mol. The number of rotatable bonds is 1. The van der Waals surface area contributed by atoms with Crippen molar-refractivity contribution in [2.75, 3.05) is 5.32 Å². The number of nitrogens with one attached hydrogen (secondary N) is 2. The Balaban J connectivity index is 1.88. The molecule has 3 aromatic rings. The quantitative estimate of drug-likeness (QED) is 0.712. The zero-order valence-electron chi connectivity index (χ0n) is 12.6. The predicted molar refractivity (Wildman–Crippen MR) is 89.3 cm³/mol. The van der Waals surface area contributed by atoms with Crippen LogP contribution in [0, 0.1) is 19.7 Å². The van der Waals surface area contributed by atoms with E-state index in [9.17, 15) is 9.18 Å². The average Bonchev–Trinajstić information content (AvgIpc) is 2.86. The number of thiophene rings is 1. The highest BCUT2D eigenvalue weighted by atomic mass is 32.1. The van der Waals surface area contributed by atoms with Crippen molar-refractivity contribution >= 4 is 33.1 Å². The molecule has 0 spiro atoms. The van der Waals surface area contributed by atoms with E-state index in [0.717, 1.165) is 27.2 Å². The Morgan fingerprint density at radius 3 is 2.78 bits per heavy atom. The minimum atomic E-state index is -0.588. The Hall–Kier alpha value is -2.47. The lowest BCUT2D eigenvalue weighted by Gasteiger charge is -2.26. The van der Waals surface area contributed by atoms with E-state index in [1.54, 1.807) is 18.2 Å². The number of aromatic nitrogens is 1. The van der Waals surface area contributed by atoms with Gasteiger partial charge >= 0.3 is 0 Å². The molecule has 0 saturated heterocycles. The maximum Gasteiger partial charge on any atom is 0.265 e. The van der Waals surface area contributed by atoms with Gasteiger partial charge in [-0.05, 0) is 31.5 Å². The summed E-state index contributed by atoms with van der Waals surface area (Å²) in [5.74, 6) is -0.550. The van der Waals surface area contributed by atoms with Crippen LogP contribution in [0.25, 0.3) is 10.2 Å². The van der Waals surface area contributed by atoms with Crippen LogP contribution in [-0.2, 0) is 0 Å². The van der Waals surface area contributed by atoms with Crippen LogP contribution in [0.2, 0.25) is 0 Å². The third-order valence-electron chi connectivity index (χ3n) is 3.97. The molecule has 2 aromatic heterocycles. The third kappa shape index (κ3) is 2.17. The molecule has 1 aliphatic rings. The maximum absolute atomic E-state index is 14.0. The maximum atomic E-state index is 14.0. The Bertz CT molecular complexity index is 950. The van der Waals surface area contributed by atoms with E-state index in [-0.39, 0.29) is 11.7 Å². The fraction of sp³-hybridized carbons (Fsp3) is 0.176. The van der Waals surface area contributed by atoms with Gasteiger partial charge in [-0.25, -0.2) is 9.37 Å². The molecule has 2 N–H and O–H groups in total. The molecule has 0 unspecified atom stereocenters. The number of fused-ring (bicyclic) bond motifs is 3. The molecular formula is C17H14FN3OS. The van der Waals surface area contributed by atoms with E-state index in [0.29, 0.717) is 10.4 Å². The first-order valence-corrected chi connectivity index (χ1v) is 8.09. The summed E-state index contributed by atoms with van der Waals surface area (Å²) in [6, 6.07) is 8.43. The molecule has 0 radical (unpaired) electrons. The first kappa shape index (κ1) is 14.1. The molecule has 1 aliphatic heterocycles. The summed E-state index contributed by atoms with van der Waals surface area (Å²) in [6.07, 6.45) is -0.588. The van der Waals surface area contributed by atoms with Gasteiger partial charge in [0.1, 0.15) is 21.7 Å². The fourth-order valence-corrected chi connectivity index (χ4v) is 4.14. The SMILES string of the molecule is Cc1cc(C)c2c3c(sc2n1)C(=O)N[C@H](c1ccccc1F)N3. The first-order chi connectivity index (χ1) is 11.0. The van der Waals surface area contributed by atoms with Crippen molar-refractivity contribution in [1.29, 1.82) is 0 Å². The summed E-state index contributed by atoms with van der Waals surface area (Å²) in [5.41, 5.74) is 3.13. The van der Waals surface area contributed by atoms with Gasteiger partial charge in [0.25, 0.3) is 5.91 Å². The lowest BCUT2D eigenvalue weighted by atomic mass is 10.1. The number of anilines is 1. The number of hydrogen-bond donors (Lipinski definition) is 2. The van der Waals surface area contributed by atoms with Crippen LogP contribution in [0.15, 0.2) is 30.3 Å². The molecule has 1 aromatic carbocycles. The van der Waals surface area contributed by atoms with Gasteiger partial charge in [0.05, 0.1) is 5.69 Å². The van der Waals surface area contributed by atoms with Crippen LogP contribution in [0.1, 0.15) is 32.7 Å². The highest BCUT2D eigenvalue weighted by Gasteiger charge is 2.30. The van der Waals surface area contributed by atoms with Crippen LogP contribution < -0.4 is 10.6 Å². The molecule has 3 heterocycles. The molecule has 116 valence electrons. The number of benzene rings is 1. The van der Waals surface area contributed by atoms with Gasteiger partial charge in [0.15, 0.2) is 0 Å². The Kier molecular flexibility index (Phi) is 3.09. The normalized spacial score (nSPS) is 16.8. The number of aryl methyl sites for hydroxylation is 2. The van der Waals surface area contributed by atoms with Crippen LogP contribution in [-0.4, -0.2) is 10.9 Å². The molecule has 1 amide bonds. The highest BCUT2D eigenvalue weighted by molar-refractivity contribution is 7.21. The van der Waals surface area contributed by atoms with Crippen LogP contribution in [0.4, 0.5) is 10.1 Å². The summed E-state index contributed by atoms with van der Waals surface area (Å²) >= 11 is 1.36. The van der Waals surface area contributed by atoms with E-state index in [4.69, 9.17) is 0 Å². The van der Waals surface area contributed by atoms with E-state index in [1.165, 1.54) is 17.4 Å². The second-order valence-corrected chi connectivity index (χ2v) is 6.64. The van der Waals surface area contributed by atoms with Crippen molar-refractivity contribution in [3.8, 4) is 0 Å². The van der Waals surface area contributed by atoms with Gasteiger partial charge in [-0.1, -0.05) is 18.2 Å². The fourth-order valence-electron chi connectivity index (χ4n) is 2.98. The van der Waals surface area contributed by atoms with Crippen molar-refractivity contribution < 1.29 is 9.18 Å². The van der Waals surface area contributed by atoms with Crippen LogP contribution in [0.3, 0.4) is 0 Å². The second kappa shape index (κ2) is 5.03. The summed E-state index contributed by atoms with van der Waals surface area (Å²) in [5, 5.41) is 7.02. The highest BCUT2D eigenvalue weighted by Crippen LogP contribution is 2.41. The summed E-state index contributed by atoms with van der Waals surface area (Å²) in [6.45, 7) is 3.93. The largest absolute Gasteiger partial charge is 0.360 e. The third-order valence-corrected chi connectivity index (χ3v) is 5.06. The lowest BCUT2D eigenvalue weighted by Crippen LogP contribution is -2.38. The molecule has 0 fully saturated rings. The molecule has 23 heavy (non-hydrogen) atoms. The molecule has 6 heteroatoms. The Morgan fingerprint density at radius 2 is 2.00 bits per heavy atom. The van der Waals surface area contributed by atoms with E-state index in [2.05, 4.69) is 15.6 Å². The number of hydrogen-bond acceptors (Lipinski definition) is 4. The zero-order chi connectivity index (χ0) is 16.1. The van der Waals surface area contributed by atoms with Gasteiger partial charge in [-0.2, -0.15) is 0 Å². The van der Waals surface area contributed by atoms with Crippen molar-refractivity contribution in [3.05, 3.63) is 57.8 Å². The number of carbonyl (C=O) groups is 1. The van der Waals surface area contributed by atoms with Gasteiger partial charge in [0, 0.05) is 16.6 Å². The van der Waals surface area contributed by atoms with Crippen molar-refractivity contribution in [1.82, 2.24) is 10.3 Å². The molecule has 4 nitrogen and oxygen atoms in total. The van der Waals surface area contributed by atoms with E-state index in [1.807, 2.05) is 19.9 Å². The molecule has 4 rings (SSSR count). The summed E-state index contributed by atoms with van der Waals surface area (Å²) < 4.78 is 14.0. The molecule has 0 aliphatic carbocycles. The first-order valence-electron chi connectivity index (χ1n) is 7.27. The number of nitrogens with zero attached hydrogens (tertiary/aromatic N) is 1. The van der Waals surface area contributed by atoms with Crippen molar-refractivity contribution in [3.63, 3.8) is 0 Å². The molecular weight excluding hydrogens is 313 g/mol. The minimum Gasteiger partial charge on any atom is -0.360 e. The summed E-state index contributed by atoms with van der Waals surface area (Å²) in [7, 11) is 0. The standard InChI is InChI=1S/C17H14FN3OS/c1-8-7-9(2)19-17-12(8)13-14(23-17)16(22)21-15(20-13)10-5-3-4-6-11(10)18/h3-7,15,20H,1-2H3,(H,21,22)/t15-/m1/s1. The number of amides is 1. The van der Waals surface area contributed by atoms with Gasteiger partial charge in [-0.3, -0.25) is 4.79 Å². The minimum absolute atomic E-state index is 0.202. The van der Waals surface area contributed by atoms with Crippen molar-refractivity contribution in [2.24, 2.45) is 0 Å². The molecule has 0 saturated carbocycles. The Morgan fingerprint density at radius 1 is 1.22 bits per heavy atom. The Labute approximate surface area is 136 Å². The number of halogens is 1. The van der Waals surface area contributed by atoms with Gasteiger partial charge in [-0.15, -0.1) is 11.3 Å². The van der Waals surface area contributed by atoms with Gasteiger partial charge in [0.2, 0.25) is 0 Å². The number of pyridine rings is 1. The van der Waals surface area contributed by atoms with Crippen LogP contribution >= 0.6 is 11.3 Å². The average molecular weight is 327 g/mol. The predicted octanol–water partition coefficient (Wildman–Crippen LogP) is 3.91. The molecule has 0 bridgehead atoms. The van der Waals surface area contributed by atoms with E-state index >= 15 is 0 Å². The number of carbonyl (C=O) groups excluding carboxylic acids is 1. The smallest absolute Gasteiger partial charge is 0.265 e. The van der Waals surface area contributed by atoms with Gasteiger partial charge < -0.3 is 10.6 Å². The van der Waals surface area contributed by atoms with Crippen LogP contribution in [0.5, 0.6) is 0 Å². The lowest BCUT2D eigenvalue weighted by molar-refractivity contribution is 0.0939.